The number of carbonyl (C=O) groups excluding carboxylic acids is 2. The van der Waals surface area contributed by atoms with Crippen LogP contribution < -0.4 is 15.5 Å². The molecule has 1 saturated carbocycles. The summed E-state index contributed by atoms with van der Waals surface area (Å²) in [6.07, 6.45) is 2.08. The number of para-hydroxylation sites is 1. The Morgan fingerprint density at radius 1 is 1.18 bits per heavy atom. The molecule has 1 saturated heterocycles. The van der Waals surface area contributed by atoms with Gasteiger partial charge in [-0.05, 0) is 25.0 Å². The van der Waals surface area contributed by atoms with E-state index in [1.807, 2.05) is 12.1 Å². The molecule has 1 aromatic rings. The highest BCUT2D eigenvalue weighted by atomic mass is 16.5. The number of quaternary nitrogens is 1. The van der Waals surface area contributed by atoms with E-state index in [1.165, 1.54) is 4.90 Å². The Kier molecular flexibility index (Phi) is 4.70. The van der Waals surface area contributed by atoms with Crippen LogP contribution in [0.15, 0.2) is 24.3 Å². The fraction of sp³-hybridized carbons (Fsp3) is 0.500. The molecule has 22 heavy (non-hydrogen) atoms. The second-order valence-electron chi connectivity index (χ2n) is 5.88. The van der Waals surface area contributed by atoms with Crippen molar-refractivity contribution >= 4 is 17.5 Å². The molecule has 1 aliphatic carbocycles. The van der Waals surface area contributed by atoms with Crippen LogP contribution in [0, 0.1) is 0 Å². The standard InChI is InChI=1S/C16H21N3O3/c20-15(11-19-7-9-22-10-8-19)18-14-4-2-1-3-13(14)16(21)17-12-5-6-12/h1-4,12H,5-11H2,(H,17,21)(H,18,20)/p+1. The van der Waals surface area contributed by atoms with E-state index < -0.39 is 0 Å². The average Bonchev–Trinajstić information content (AvgIpc) is 3.32. The Bertz CT molecular complexity index is 551. The van der Waals surface area contributed by atoms with Crippen molar-refractivity contribution in [3.05, 3.63) is 29.8 Å². The second kappa shape index (κ2) is 6.89. The first-order valence-corrected chi connectivity index (χ1v) is 7.83. The molecule has 1 heterocycles. The molecule has 2 fully saturated rings. The van der Waals surface area contributed by atoms with E-state index >= 15 is 0 Å². The van der Waals surface area contributed by atoms with Gasteiger partial charge in [-0.15, -0.1) is 0 Å². The lowest BCUT2D eigenvalue weighted by Gasteiger charge is -2.23. The van der Waals surface area contributed by atoms with E-state index in [0.717, 1.165) is 25.9 Å². The fourth-order valence-electron chi connectivity index (χ4n) is 2.54. The number of hydrogen-bond donors (Lipinski definition) is 3. The topological polar surface area (TPSA) is 71.9 Å². The van der Waals surface area contributed by atoms with Crippen LogP contribution in [0.25, 0.3) is 0 Å². The van der Waals surface area contributed by atoms with Crippen LogP contribution in [0.5, 0.6) is 0 Å². The number of ether oxygens (including phenoxy) is 1. The molecule has 3 N–H and O–H groups in total. The number of rotatable bonds is 5. The Morgan fingerprint density at radius 3 is 2.64 bits per heavy atom. The third-order valence-corrected chi connectivity index (χ3v) is 3.97. The summed E-state index contributed by atoms with van der Waals surface area (Å²) in [7, 11) is 0. The predicted molar refractivity (Wildman–Crippen MR) is 81.9 cm³/mol. The second-order valence-corrected chi connectivity index (χ2v) is 5.88. The Labute approximate surface area is 129 Å². The van der Waals surface area contributed by atoms with Crippen molar-refractivity contribution in [3.63, 3.8) is 0 Å². The van der Waals surface area contributed by atoms with Crippen molar-refractivity contribution in [2.75, 3.05) is 38.2 Å². The molecule has 1 aromatic carbocycles. The van der Waals surface area contributed by atoms with Gasteiger partial charge in [0, 0.05) is 6.04 Å². The van der Waals surface area contributed by atoms with Crippen LogP contribution in [-0.4, -0.2) is 50.7 Å². The first kappa shape index (κ1) is 15.0. The highest BCUT2D eigenvalue weighted by Crippen LogP contribution is 2.21. The van der Waals surface area contributed by atoms with Crippen LogP contribution in [0.2, 0.25) is 0 Å². The largest absolute Gasteiger partial charge is 0.370 e. The lowest BCUT2D eigenvalue weighted by Crippen LogP contribution is -3.15. The van der Waals surface area contributed by atoms with Crippen molar-refractivity contribution in [1.82, 2.24) is 5.32 Å². The number of amides is 2. The summed E-state index contributed by atoms with van der Waals surface area (Å²) in [6, 6.07) is 7.45. The van der Waals surface area contributed by atoms with Gasteiger partial charge in [-0.3, -0.25) is 9.59 Å². The molecule has 0 atom stereocenters. The van der Waals surface area contributed by atoms with Crippen LogP contribution in [0.1, 0.15) is 23.2 Å². The summed E-state index contributed by atoms with van der Waals surface area (Å²) in [6.45, 7) is 3.49. The van der Waals surface area contributed by atoms with Crippen molar-refractivity contribution in [3.8, 4) is 0 Å². The minimum Gasteiger partial charge on any atom is -0.370 e. The van der Waals surface area contributed by atoms with Crippen molar-refractivity contribution in [1.29, 1.82) is 0 Å². The SMILES string of the molecule is O=C(C[NH+]1CCOCC1)Nc1ccccc1C(=O)NC1CC1. The zero-order valence-corrected chi connectivity index (χ0v) is 12.6. The van der Waals surface area contributed by atoms with Gasteiger partial charge in [0.1, 0.15) is 13.1 Å². The highest BCUT2D eigenvalue weighted by Gasteiger charge is 2.25. The molecular weight excluding hydrogens is 282 g/mol. The molecule has 2 aliphatic rings. The van der Waals surface area contributed by atoms with Crippen LogP contribution in [0.4, 0.5) is 5.69 Å². The molecule has 1 aliphatic heterocycles. The van der Waals surface area contributed by atoms with Crippen LogP contribution in [0.3, 0.4) is 0 Å². The number of morpholine rings is 1. The molecule has 2 amide bonds. The average molecular weight is 304 g/mol. The zero-order valence-electron chi connectivity index (χ0n) is 12.6. The summed E-state index contributed by atoms with van der Waals surface area (Å²) in [5.74, 6) is -0.180. The normalized spacial score (nSPS) is 18.7. The number of hydrogen-bond acceptors (Lipinski definition) is 3. The fourth-order valence-corrected chi connectivity index (χ4v) is 2.54. The van der Waals surface area contributed by atoms with E-state index in [1.54, 1.807) is 12.1 Å². The third kappa shape index (κ3) is 4.05. The summed E-state index contributed by atoms with van der Waals surface area (Å²) in [5.41, 5.74) is 1.11. The van der Waals surface area contributed by atoms with Gasteiger partial charge in [0.25, 0.3) is 11.8 Å². The Hall–Kier alpha value is -1.92. The Balaban J connectivity index is 1.60. The van der Waals surface area contributed by atoms with Gasteiger partial charge >= 0.3 is 0 Å². The number of benzene rings is 1. The van der Waals surface area contributed by atoms with E-state index in [4.69, 9.17) is 4.74 Å². The molecule has 3 rings (SSSR count). The molecule has 0 radical (unpaired) electrons. The molecule has 6 heteroatoms. The molecule has 0 spiro atoms. The summed E-state index contributed by atoms with van der Waals surface area (Å²) in [5, 5.41) is 5.82. The molecule has 118 valence electrons. The summed E-state index contributed by atoms with van der Waals surface area (Å²) < 4.78 is 5.29. The molecule has 0 unspecified atom stereocenters. The van der Waals surface area contributed by atoms with E-state index in [0.29, 0.717) is 37.1 Å². The third-order valence-electron chi connectivity index (χ3n) is 3.97. The number of carbonyl (C=O) groups is 2. The van der Waals surface area contributed by atoms with E-state index in [-0.39, 0.29) is 11.8 Å². The first-order valence-electron chi connectivity index (χ1n) is 7.83. The predicted octanol–water partition coefficient (Wildman–Crippen LogP) is -0.568. The molecular formula is C16H22N3O3+. The van der Waals surface area contributed by atoms with E-state index in [9.17, 15) is 9.59 Å². The van der Waals surface area contributed by atoms with Gasteiger partial charge in [-0.2, -0.15) is 0 Å². The van der Waals surface area contributed by atoms with Gasteiger partial charge in [0.05, 0.1) is 24.5 Å². The summed E-state index contributed by atoms with van der Waals surface area (Å²) in [4.78, 5) is 25.6. The summed E-state index contributed by atoms with van der Waals surface area (Å²) >= 11 is 0. The maximum atomic E-state index is 12.2. The smallest absolute Gasteiger partial charge is 0.279 e. The molecule has 6 nitrogen and oxygen atoms in total. The highest BCUT2D eigenvalue weighted by molar-refractivity contribution is 6.04. The quantitative estimate of drug-likeness (QED) is 0.682. The Morgan fingerprint density at radius 2 is 1.91 bits per heavy atom. The van der Waals surface area contributed by atoms with Gasteiger partial charge in [0.15, 0.2) is 6.54 Å². The molecule has 0 bridgehead atoms. The number of nitrogens with one attached hydrogen (secondary N) is 3. The maximum Gasteiger partial charge on any atom is 0.279 e. The van der Waals surface area contributed by atoms with Gasteiger partial charge in [-0.1, -0.05) is 12.1 Å². The van der Waals surface area contributed by atoms with Crippen LogP contribution in [-0.2, 0) is 9.53 Å². The molecule has 0 aromatic heterocycles. The van der Waals surface area contributed by atoms with Gasteiger partial charge < -0.3 is 20.3 Å². The van der Waals surface area contributed by atoms with Gasteiger partial charge in [-0.25, -0.2) is 0 Å². The monoisotopic (exact) mass is 304 g/mol. The van der Waals surface area contributed by atoms with Crippen molar-refractivity contribution in [2.24, 2.45) is 0 Å². The first-order chi connectivity index (χ1) is 10.7. The lowest BCUT2D eigenvalue weighted by molar-refractivity contribution is -0.899. The van der Waals surface area contributed by atoms with Crippen LogP contribution >= 0.6 is 0 Å². The zero-order chi connectivity index (χ0) is 15.4. The van der Waals surface area contributed by atoms with Gasteiger partial charge in [0.2, 0.25) is 0 Å². The minimum atomic E-state index is -0.114. The lowest BCUT2D eigenvalue weighted by atomic mass is 10.1. The minimum absolute atomic E-state index is 0.0661. The van der Waals surface area contributed by atoms with E-state index in [2.05, 4.69) is 10.6 Å². The maximum absolute atomic E-state index is 12.2. The van der Waals surface area contributed by atoms with Crippen molar-refractivity contribution < 1.29 is 19.2 Å². The van der Waals surface area contributed by atoms with Crippen molar-refractivity contribution in [2.45, 2.75) is 18.9 Å². The number of anilines is 1.